The predicted molar refractivity (Wildman–Crippen MR) is 123 cm³/mol. The second kappa shape index (κ2) is 7.02. The summed E-state index contributed by atoms with van der Waals surface area (Å²) in [4.78, 5) is 47.1. The zero-order valence-electron chi connectivity index (χ0n) is 18.4. The van der Waals surface area contributed by atoms with E-state index in [4.69, 9.17) is 4.74 Å². The molecular weight excluding hydrogens is 418 g/mol. The van der Waals surface area contributed by atoms with Gasteiger partial charge in [0.2, 0.25) is 11.8 Å². The molecule has 3 amide bonds. The zero-order valence-corrected chi connectivity index (χ0v) is 18.4. The second-order valence-electron chi connectivity index (χ2n) is 9.10. The Morgan fingerprint density at radius 2 is 1.85 bits per heavy atom. The summed E-state index contributed by atoms with van der Waals surface area (Å²) in [5.74, 6) is -1.27. The van der Waals surface area contributed by atoms with Gasteiger partial charge in [0.25, 0.3) is 5.91 Å². The predicted octanol–water partition coefficient (Wildman–Crippen LogP) is 2.71. The molecule has 6 rings (SSSR count). The average molecular weight is 444 g/mol. The van der Waals surface area contributed by atoms with E-state index in [-0.39, 0.29) is 23.8 Å². The lowest BCUT2D eigenvalue weighted by molar-refractivity contribution is -0.137. The van der Waals surface area contributed by atoms with Crippen molar-refractivity contribution in [1.82, 2.24) is 4.90 Å². The number of carbonyl (C=O) groups is 3. The van der Waals surface area contributed by atoms with Crippen LogP contribution < -0.4 is 14.5 Å². The Bertz CT molecular complexity index is 1190. The van der Waals surface area contributed by atoms with Crippen LogP contribution in [0.2, 0.25) is 0 Å². The summed E-state index contributed by atoms with van der Waals surface area (Å²) >= 11 is 0. The minimum absolute atomic E-state index is 0.124. The second-order valence-corrected chi connectivity index (χ2v) is 9.10. The Kier molecular flexibility index (Phi) is 4.29. The van der Waals surface area contributed by atoms with Crippen LogP contribution in [0.3, 0.4) is 0 Å². The van der Waals surface area contributed by atoms with Crippen LogP contribution in [0.15, 0.2) is 61.2 Å². The summed E-state index contributed by atoms with van der Waals surface area (Å²) in [7, 11) is 1.57. The van der Waals surface area contributed by atoms with Crippen molar-refractivity contribution < 1.29 is 19.1 Å². The summed E-state index contributed by atoms with van der Waals surface area (Å²) in [5.41, 5.74) is 0.992. The van der Waals surface area contributed by atoms with Gasteiger partial charge in [0.05, 0.1) is 24.6 Å². The Morgan fingerprint density at radius 1 is 1.09 bits per heavy atom. The van der Waals surface area contributed by atoms with E-state index >= 15 is 0 Å². The lowest BCUT2D eigenvalue weighted by Gasteiger charge is -2.37. The first kappa shape index (κ1) is 20.2. The smallest absolute Gasteiger partial charge is 0.253 e. The summed E-state index contributed by atoms with van der Waals surface area (Å²) in [5, 5.41) is 0. The number of fused-ring (bicyclic) bond motifs is 7. The van der Waals surface area contributed by atoms with Crippen LogP contribution in [0, 0.1) is 11.8 Å². The van der Waals surface area contributed by atoms with Gasteiger partial charge in [0.15, 0.2) is 0 Å². The molecule has 168 valence electrons. The van der Waals surface area contributed by atoms with Gasteiger partial charge in [-0.2, -0.15) is 0 Å². The Hall–Kier alpha value is -3.45. The molecule has 7 nitrogen and oxygen atoms in total. The largest absolute Gasteiger partial charge is 0.497 e. The van der Waals surface area contributed by atoms with Crippen molar-refractivity contribution in [2.45, 2.75) is 24.4 Å². The van der Waals surface area contributed by atoms with Crippen molar-refractivity contribution in [2.24, 2.45) is 11.8 Å². The van der Waals surface area contributed by atoms with Gasteiger partial charge in [-0.15, -0.1) is 6.58 Å². The van der Waals surface area contributed by atoms with Crippen LogP contribution in [0.4, 0.5) is 11.4 Å². The third-order valence-electron chi connectivity index (χ3n) is 7.79. The van der Waals surface area contributed by atoms with E-state index in [0.717, 1.165) is 24.1 Å². The summed E-state index contributed by atoms with van der Waals surface area (Å²) in [6.07, 6.45) is 3.40. The molecule has 3 saturated heterocycles. The fraction of sp³-hybridized carbons (Fsp3) is 0.346. The van der Waals surface area contributed by atoms with E-state index < -0.39 is 17.4 Å². The number of carbonyl (C=O) groups excluding carboxylic acids is 3. The van der Waals surface area contributed by atoms with Crippen molar-refractivity contribution in [3.05, 3.63) is 66.7 Å². The highest BCUT2D eigenvalue weighted by Crippen LogP contribution is 2.61. The van der Waals surface area contributed by atoms with Crippen LogP contribution in [0.25, 0.3) is 0 Å². The molecule has 7 heteroatoms. The number of benzene rings is 2. The van der Waals surface area contributed by atoms with Gasteiger partial charge in [-0.05, 0) is 49.7 Å². The summed E-state index contributed by atoms with van der Waals surface area (Å²) < 4.78 is 5.23. The van der Waals surface area contributed by atoms with Gasteiger partial charge < -0.3 is 9.64 Å². The SMILES string of the molecule is C=CCN1C(=O)[C@@]2(c3ccccc31)[C@@H]1C(=O)N(c3ccc(OC)cc3)C(=O)[C@H]1[C@@H]1CCCN12. The number of hydrogen-bond acceptors (Lipinski definition) is 5. The first-order valence-electron chi connectivity index (χ1n) is 11.4. The minimum Gasteiger partial charge on any atom is -0.497 e. The van der Waals surface area contributed by atoms with Crippen LogP contribution in [0.1, 0.15) is 18.4 Å². The molecule has 4 aliphatic heterocycles. The quantitative estimate of drug-likeness (QED) is 0.537. The third-order valence-corrected chi connectivity index (χ3v) is 7.79. The number of anilines is 2. The number of amides is 3. The monoisotopic (exact) mass is 443 g/mol. The van der Waals surface area contributed by atoms with E-state index in [1.165, 1.54) is 4.90 Å². The maximum Gasteiger partial charge on any atom is 0.253 e. The minimum atomic E-state index is -1.15. The molecule has 1 spiro atoms. The van der Waals surface area contributed by atoms with Gasteiger partial charge in [-0.1, -0.05) is 24.3 Å². The molecule has 33 heavy (non-hydrogen) atoms. The molecule has 2 aromatic rings. The molecule has 3 fully saturated rings. The number of para-hydroxylation sites is 1. The summed E-state index contributed by atoms with van der Waals surface area (Å²) in [6, 6.07) is 14.5. The topological polar surface area (TPSA) is 70.2 Å². The van der Waals surface area contributed by atoms with Crippen LogP contribution in [-0.4, -0.2) is 48.9 Å². The van der Waals surface area contributed by atoms with E-state index in [9.17, 15) is 14.4 Å². The zero-order chi connectivity index (χ0) is 22.9. The van der Waals surface area contributed by atoms with Crippen molar-refractivity contribution in [1.29, 1.82) is 0 Å². The Morgan fingerprint density at radius 3 is 2.58 bits per heavy atom. The molecule has 0 saturated carbocycles. The first-order valence-corrected chi connectivity index (χ1v) is 11.4. The molecule has 0 aliphatic carbocycles. The van der Waals surface area contributed by atoms with Crippen molar-refractivity contribution in [3.8, 4) is 5.75 Å². The van der Waals surface area contributed by atoms with Crippen molar-refractivity contribution in [3.63, 3.8) is 0 Å². The summed E-state index contributed by atoms with van der Waals surface area (Å²) in [6.45, 7) is 4.88. The normalized spacial score (nSPS) is 30.2. The van der Waals surface area contributed by atoms with E-state index in [0.29, 0.717) is 24.5 Å². The molecule has 0 aromatic heterocycles. The Balaban J connectivity index is 1.53. The van der Waals surface area contributed by atoms with Crippen molar-refractivity contribution in [2.75, 3.05) is 30.0 Å². The molecule has 0 N–H and O–H groups in total. The molecule has 0 bridgehead atoms. The highest BCUT2D eigenvalue weighted by molar-refractivity contribution is 6.26. The molecule has 4 atom stereocenters. The van der Waals surface area contributed by atoms with Gasteiger partial charge in [-0.25, -0.2) is 4.90 Å². The maximum atomic E-state index is 14.2. The number of nitrogens with zero attached hydrogens (tertiary/aromatic N) is 3. The van der Waals surface area contributed by atoms with E-state index in [1.807, 2.05) is 24.3 Å². The fourth-order valence-electron chi connectivity index (χ4n) is 6.64. The molecular formula is C26H25N3O4. The van der Waals surface area contributed by atoms with Gasteiger partial charge in [0.1, 0.15) is 11.3 Å². The van der Waals surface area contributed by atoms with Gasteiger partial charge in [-0.3, -0.25) is 19.3 Å². The lowest BCUT2D eigenvalue weighted by Crippen LogP contribution is -2.56. The van der Waals surface area contributed by atoms with Crippen LogP contribution in [-0.2, 0) is 19.9 Å². The van der Waals surface area contributed by atoms with Crippen LogP contribution >= 0.6 is 0 Å². The molecule has 4 aliphatic rings. The first-order chi connectivity index (χ1) is 16.1. The van der Waals surface area contributed by atoms with Crippen molar-refractivity contribution >= 4 is 29.1 Å². The van der Waals surface area contributed by atoms with E-state index in [2.05, 4.69) is 11.5 Å². The highest BCUT2D eigenvalue weighted by atomic mass is 16.5. The highest BCUT2D eigenvalue weighted by Gasteiger charge is 2.75. The van der Waals surface area contributed by atoms with Gasteiger partial charge in [0, 0.05) is 23.8 Å². The lowest BCUT2D eigenvalue weighted by atomic mass is 9.75. The molecule has 4 heterocycles. The number of hydrogen-bond donors (Lipinski definition) is 0. The fourth-order valence-corrected chi connectivity index (χ4v) is 6.64. The molecule has 0 unspecified atom stereocenters. The number of rotatable bonds is 4. The third kappa shape index (κ3) is 2.35. The van der Waals surface area contributed by atoms with Crippen LogP contribution in [0.5, 0.6) is 5.75 Å². The number of methoxy groups -OCH3 is 1. The van der Waals surface area contributed by atoms with E-state index in [1.54, 1.807) is 42.4 Å². The standard InChI is InChI=1S/C26H25N3O4/c1-3-14-27-19-8-5-4-7-18(19)26(25(27)32)22-21(20-9-6-15-28(20)26)23(30)29(24(22)31)16-10-12-17(33-2)13-11-16/h3-5,7-8,10-13,20-22H,1,6,9,14-15H2,2H3/t20-,21-,22-,26+/m0/s1. The number of ether oxygens (including phenoxy) is 1. The van der Waals surface area contributed by atoms with Gasteiger partial charge >= 0.3 is 0 Å². The Labute approximate surface area is 192 Å². The molecule has 0 radical (unpaired) electrons. The molecule has 2 aromatic carbocycles. The average Bonchev–Trinajstić information content (AvgIpc) is 3.53. The number of imide groups is 1. The maximum absolute atomic E-state index is 14.2.